The van der Waals surface area contributed by atoms with E-state index in [1.165, 1.54) is 5.56 Å². The molecule has 2 N–H and O–H groups in total. The SMILES string of the molecule is CCCN(C)C(C)(CN)Cc1ccc(OC)cc1. The lowest BCUT2D eigenvalue weighted by Gasteiger charge is -2.38. The van der Waals surface area contributed by atoms with Gasteiger partial charge in [0.1, 0.15) is 5.75 Å². The standard InChI is InChI=1S/C15H26N2O/c1-5-10-17(3)15(2,12-16)11-13-6-8-14(18-4)9-7-13/h6-9H,5,10-12,16H2,1-4H3. The number of hydrogen-bond donors (Lipinski definition) is 1. The molecule has 0 aliphatic carbocycles. The van der Waals surface area contributed by atoms with Gasteiger partial charge in [0.2, 0.25) is 0 Å². The van der Waals surface area contributed by atoms with Crippen LogP contribution in [0.1, 0.15) is 25.8 Å². The van der Waals surface area contributed by atoms with Gasteiger partial charge in [-0.25, -0.2) is 0 Å². The van der Waals surface area contributed by atoms with Crippen LogP contribution in [0.5, 0.6) is 5.75 Å². The topological polar surface area (TPSA) is 38.5 Å². The molecule has 1 unspecified atom stereocenters. The summed E-state index contributed by atoms with van der Waals surface area (Å²) in [5.74, 6) is 0.898. The Morgan fingerprint density at radius 1 is 1.28 bits per heavy atom. The smallest absolute Gasteiger partial charge is 0.118 e. The molecule has 18 heavy (non-hydrogen) atoms. The molecule has 0 aliphatic rings. The third-order valence-electron chi connectivity index (χ3n) is 3.66. The highest BCUT2D eigenvalue weighted by Crippen LogP contribution is 2.21. The van der Waals surface area contributed by atoms with Crippen molar-refractivity contribution in [3.05, 3.63) is 29.8 Å². The summed E-state index contributed by atoms with van der Waals surface area (Å²) in [7, 11) is 3.84. The maximum absolute atomic E-state index is 5.98. The number of rotatable bonds is 7. The lowest BCUT2D eigenvalue weighted by Crippen LogP contribution is -2.51. The Kier molecular flexibility index (Phi) is 5.63. The van der Waals surface area contributed by atoms with E-state index in [2.05, 4.69) is 37.9 Å². The number of likely N-dealkylation sites (N-methyl/N-ethyl adjacent to an activating group) is 1. The van der Waals surface area contributed by atoms with Gasteiger partial charge >= 0.3 is 0 Å². The Labute approximate surface area is 111 Å². The van der Waals surface area contributed by atoms with Gasteiger partial charge in [0.25, 0.3) is 0 Å². The predicted octanol–water partition coefficient (Wildman–Crippen LogP) is 2.30. The van der Waals surface area contributed by atoms with Crippen molar-refractivity contribution < 1.29 is 4.74 Å². The van der Waals surface area contributed by atoms with Crippen molar-refractivity contribution in [3.63, 3.8) is 0 Å². The Morgan fingerprint density at radius 2 is 1.89 bits per heavy atom. The first-order valence-corrected chi connectivity index (χ1v) is 6.60. The summed E-state index contributed by atoms with van der Waals surface area (Å²) >= 11 is 0. The molecule has 0 heterocycles. The van der Waals surface area contributed by atoms with Gasteiger partial charge in [0.15, 0.2) is 0 Å². The second-order valence-electron chi connectivity index (χ2n) is 5.15. The monoisotopic (exact) mass is 250 g/mol. The number of benzene rings is 1. The largest absolute Gasteiger partial charge is 0.497 e. The fourth-order valence-electron chi connectivity index (χ4n) is 2.15. The van der Waals surface area contributed by atoms with Gasteiger partial charge in [-0.1, -0.05) is 19.1 Å². The molecule has 0 aromatic heterocycles. The highest BCUT2D eigenvalue weighted by molar-refractivity contribution is 5.28. The van der Waals surface area contributed by atoms with E-state index in [0.717, 1.165) is 25.1 Å². The van der Waals surface area contributed by atoms with E-state index in [4.69, 9.17) is 10.5 Å². The third kappa shape index (κ3) is 3.72. The summed E-state index contributed by atoms with van der Waals surface area (Å²) in [5, 5.41) is 0. The first kappa shape index (κ1) is 15.0. The lowest BCUT2D eigenvalue weighted by molar-refractivity contribution is 0.144. The quantitative estimate of drug-likeness (QED) is 0.807. The summed E-state index contributed by atoms with van der Waals surface area (Å²) in [6.45, 7) is 6.16. The van der Waals surface area contributed by atoms with Crippen molar-refractivity contribution in [2.45, 2.75) is 32.2 Å². The molecule has 0 bridgehead atoms. The molecular formula is C15H26N2O. The Balaban J connectivity index is 2.77. The van der Waals surface area contributed by atoms with Gasteiger partial charge in [-0.3, -0.25) is 4.90 Å². The molecule has 3 nitrogen and oxygen atoms in total. The molecule has 0 aliphatic heterocycles. The van der Waals surface area contributed by atoms with E-state index in [1.807, 2.05) is 12.1 Å². The first-order chi connectivity index (χ1) is 8.55. The number of methoxy groups -OCH3 is 1. The van der Waals surface area contributed by atoms with Crippen LogP contribution in [-0.2, 0) is 6.42 Å². The molecule has 0 spiro atoms. The fourth-order valence-corrected chi connectivity index (χ4v) is 2.15. The molecule has 0 amide bonds. The molecule has 1 rings (SSSR count). The van der Waals surface area contributed by atoms with E-state index in [0.29, 0.717) is 6.54 Å². The van der Waals surface area contributed by atoms with Crippen molar-refractivity contribution in [2.24, 2.45) is 5.73 Å². The summed E-state index contributed by atoms with van der Waals surface area (Å²) in [5.41, 5.74) is 7.29. The molecule has 0 fully saturated rings. The number of nitrogens with zero attached hydrogens (tertiary/aromatic N) is 1. The average molecular weight is 250 g/mol. The van der Waals surface area contributed by atoms with Gasteiger partial charge in [0.05, 0.1) is 7.11 Å². The Bertz CT molecular complexity index is 350. The molecule has 0 radical (unpaired) electrons. The zero-order valence-electron chi connectivity index (χ0n) is 12.1. The molecule has 0 saturated heterocycles. The van der Waals surface area contributed by atoms with Crippen LogP contribution in [0, 0.1) is 0 Å². The second kappa shape index (κ2) is 6.76. The van der Waals surface area contributed by atoms with Crippen molar-refractivity contribution in [1.29, 1.82) is 0 Å². The Hall–Kier alpha value is -1.06. The van der Waals surface area contributed by atoms with Gasteiger partial charge in [-0.05, 0) is 51.1 Å². The van der Waals surface area contributed by atoms with Crippen molar-refractivity contribution in [2.75, 3.05) is 27.2 Å². The summed E-state index contributed by atoms with van der Waals surface area (Å²) < 4.78 is 5.18. The van der Waals surface area contributed by atoms with Crippen LogP contribution < -0.4 is 10.5 Å². The molecule has 3 heteroatoms. The third-order valence-corrected chi connectivity index (χ3v) is 3.66. The van der Waals surface area contributed by atoms with Crippen LogP contribution in [-0.4, -0.2) is 37.7 Å². The fraction of sp³-hybridized carbons (Fsp3) is 0.600. The van der Waals surface area contributed by atoms with E-state index >= 15 is 0 Å². The summed E-state index contributed by atoms with van der Waals surface area (Å²) in [6.07, 6.45) is 2.11. The minimum atomic E-state index is 0.0185. The second-order valence-corrected chi connectivity index (χ2v) is 5.15. The molecule has 102 valence electrons. The normalized spacial score (nSPS) is 14.6. The van der Waals surface area contributed by atoms with Crippen LogP contribution in [0.15, 0.2) is 24.3 Å². The highest BCUT2D eigenvalue weighted by atomic mass is 16.5. The molecule has 0 saturated carbocycles. The van der Waals surface area contributed by atoms with Crippen LogP contribution in [0.3, 0.4) is 0 Å². The van der Waals surface area contributed by atoms with Crippen molar-refractivity contribution in [1.82, 2.24) is 4.90 Å². The van der Waals surface area contributed by atoms with E-state index in [9.17, 15) is 0 Å². The molecule has 1 aromatic rings. The van der Waals surface area contributed by atoms with Gasteiger partial charge in [-0.2, -0.15) is 0 Å². The average Bonchev–Trinajstić information content (AvgIpc) is 2.39. The zero-order chi connectivity index (χ0) is 13.6. The first-order valence-electron chi connectivity index (χ1n) is 6.60. The van der Waals surface area contributed by atoms with Crippen molar-refractivity contribution in [3.8, 4) is 5.75 Å². The van der Waals surface area contributed by atoms with E-state index < -0.39 is 0 Å². The minimum Gasteiger partial charge on any atom is -0.497 e. The Morgan fingerprint density at radius 3 is 2.33 bits per heavy atom. The maximum Gasteiger partial charge on any atom is 0.118 e. The van der Waals surface area contributed by atoms with Crippen LogP contribution in [0.4, 0.5) is 0 Å². The minimum absolute atomic E-state index is 0.0185. The van der Waals surface area contributed by atoms with E-state index in [-0.39, 0.29) is 5.54 Å². The number of ether oxygens (including phenoxy) is 1. The zero-order valence-corrected chi connectivity index (χ0v) is 12.1. The maximum atomic E-state index is 5.98. The van der Waals surface area contributed by atoms with Crippen LogP contribution in [0.2, 0.25) is 0 Å². The molecular weight excluding hydrogens is 224 g/mol. The van der Waals surface area contributed by atoms with Crippen LogP contribution in [0.25, 0.3) is 0 Å². The predicted molar refractivity (Wildman–Crippen MR) is 77.1 cm³/mol. The lowest BCUT2D eigenvalue weighted by atomic mass is 9.91. The summed E-state index contributed by atoms with van der Waals surface area (Å²) in [6, 6.07) is 8.25. The number of hydrogen-bond acceptors (Lipinski definition) is 3. The molecule has 1 atom stereocenters. The van der Waals surface area contributed by atoms with Gasteiger partial charge in [-0.15, -0.1) is 0 Å². The van der Waals surface area contributed by atoms with E-state index in [1.54, 1.807) is 7.11 Å². The summed E-state index contributed by atoms with van der Waals surface area (Å²) in [4.78, 5) is 2.36. The van der Waals surface area contributed by atoms with Gasteiger partial charge in [0, 0.05) is 12.1 Å². The highest BCUT2D eigenvalue weighted by Gasteiger charge is 2.27. The van der Waals surface area contributed by atoms with Crippen molar-refractivity contribution >= 4 is 0 Å². The molecule has 1 aromatic carbocycles. The number of nitrogens with two attached hydrogens (primary N) is 1. The van der Waals surface area contributed by atoms with Gasteiger partial charge < -0.3 is 10.5 Å². The van der Waals surface area contributed by atoms with Crippen LogP contribution >= 0.6 is 0 Å².